The van der Waals surface area contributed by atoms with Crippen LogP contribution < -0.4 is 5.32 Å². The molecule has 1 aromatic heterocycles. The van der Waals surface area contributed by atoms with Gasteiger partial charge in [-0.25, -0.2) is 0 Å². The summed E-state index contributed by atoms with van der Waals surface area (Å²) in [6.45, 7) is 1.93. The lowest BCUT2D eigenvalue weighted by molar-refractivity contribution is -0.139. The van der Waals surface area contributed by atoms with E-state index in [0.29, 0.717) is 15.9 Å². The first-order chi connectivity index (χ1) is 13.0. The van der Waals surface area contributed by atoms with Crippen molar-refractivity contribution in [2.75, 3.05) is 13.7 Å². The van der Waals surface area contributed by atoms with Crippen molar-refractivity contribution in [3.63, 3.8) is 0 Å². The molecule has 1 N–H and O–H groups in total. The molecule has 2 aromatic carbocycles. The predicted molar refractivity (Wildman–Crippen MR) is 102 cm³/mol. The lowest BCUT2D eigenvalue weighted by atomic mass is 10.1. The molecule has 7 nitrogen and oxygen atoms in total. The highest BCUT2D eigenvalue weighted by Crippen LogP contribution is 2.26. The molecule has 0 saturated heterocycles. The largest absolute Gasteiger partial charge is 0.468 e. The number of hydrogen-bond acceptors (Lipinski definition) is 6. The van der Waals surface area contributed by atoms with Crippen LogP contribution in [-0.2, 0) is 9.53 Å². The Kier molecular flexibility index (Phi) is 6.05. The third-order valence-electron chi connectivity index (χ3n) is 4.03. The van der Waals surface area contributed by atoms with Gasteiger partial charge in [-0.05, 0) is 52.7 Å². The van der Waals surface area contributed by atoms with Crippen molar-refractivity contribution in [1.82, 2.24) is 25.5 Å². The number of aromatic nitrogens is 4. The number of methoxy groups -OCH3 is 1. The molecule has 0 amide bonds. The number of benzene rings is 2. The molecule has 0 bridgehead atoms. The Labute approximate surface area is 166 Å². The molecule has 0 saturated carbocycles. The normalized spacial score (nSPS) is 12.0. The average Bonchev–Trinajstić information content (AvgIpc) is 3.14. The van der Waals surface area contributed by atoms with Crippen molar-refractivity contribution >= 4 is 29.2 Å². The minimum atomic E-state index is -0.463. The molecule has 3 rings (SSSR count). The van der Waals surface area contributed by atoms with Gasteiger partial charge in [0.2, 0.25) is 0 Å². The number of rotatable bonds is 6. The van der Waals surface area contributed by atoms with Crippen LogP contribution in [0.15, 0.2) is 42.5 Å². The zero-order valence-electron chi connectivity index (χ0n) is 14.7. The summed E-state index contributed by atoms with van der Waals surface area (Å²) >= 11 is 12.2. The molecule has 0 aliphatic heterocycles. The van der Waals surface area contributed by atoms with Gasteiger partial charge in [-0.2, -0.15) is 4.68 Å². The highest BCUT2D eigenvalue weighted by molar-refractivity contribution is 6.31. The first-order valence-corrected chi connectivity index (χ1v) is 8.85. The lowest BCUT2D eigenvalue weighted by Gasteiger charge is -2.19. The molecule has 140 valence electrons. The number of hydrogen-bond donors (Lipinski definition) is 1. The van der Waals surface area contributed by atoms with Gasteiger partial charge in [-0.3, -0.25) is 10.1 Å². The van der Waals surface area contributed by atoms with Crippen LogP contribution in [0.3, 0.4) is 0 Å². The van der Waals surface area contributed by atoms with Gasteiger partial charge in [-0.1, -0.05) is 41.4 Å². The molecule has 1 heterocycles. The average molecular weight is 406 g/mol. The third-order valence-corrected chi connectivity index (χ3v) is 4.52. The van der Waals surface area contributed by atoms with Crippen LogP contribution in [0.25, 0.3) is 5.69 Å². The van der Waals surface area contributed by atoms with E-state index in [-0.39, 0.29) is 6.54 Å². The molecule has 0 aliphatic rings. The second-order valence-electron chi connectivity index (χ2n) is 5.82. The maximum Gasteiger partial charge on any atom is 0.319 e. The number of halogens is 2. The van der Waals surface area contributed by atoms with Crippen molar-refractivity contribution in [3.05, 3.63) is 69.5 Å². The number of carbonyl (C=O) groups is 1. The quantitative estimate of drug-likeness (QED) is 0.634. The zero-order chi connectivity index (χ0) is 19.4. The molecule has 0 aliphatic carbocycles. The Bertz CT molecular complexity index is 943. The van der Waals surface area contributed by atoms with E-state index in [1.165, 1.54) is 7.11 Å². The van der Waals surface area contributed by atoms with E-state index in [9.17, 15) is 4.79 Å². The summed E-state index contributed by atoms with van der Waals surface area (Å²) in [7, 11) is 1.33. The fourth-order valence-corrected chi connectivity index (χ4v) is 2.92. The van der Waals surface area contributed by atoms with E-state index in [1.807, 2.05) is 25.1 Å². The minimum absolute atomic E-state index is 0.00875. The first kappa shape index (κ1) is 19.3. The summed E-state index contributed by atoms with van der Waals surface area (Å²) in [5.74, 6) is 0.110. The van der Waals surface area contributed by atoms with Crippen molar-refractivity contribution in [2.24, 2.45) is 0 Å². The summed E-state index contributed by atoms with van der Waals surface area (Å²) in [6.07, 6.45) is 0. The summed E-state index contributed by atoms with van der Waals surface area (Å²) in [4.78, 5) is 11.6. The molecule has 1 atom stereocenters. The predicted octanol–water partition coefficient (Wildman–Crippen LogP) is 3.13. The second kappa shape index (κ2) is 8.47. The SMILES string of the molecule is COC(=O)CNC(c1ccc(Cl)cc1)c1nnnn1-c1cc(Cl)ccc1C. The van der Waals surface area contributed by atoms with E-state index in [0.717, 1.165) is 16.8 Å². The summed E-state index contributed by atoms with van der Waals surface area (Å²) in [5, 5.41) is 16.4. The number of nitrogens with one attached hydrogen (secondary N) is 1. The number of tetrazole rings is 1. The van der Waals surface area contributed by atoms with E-state index in [2.05, 4.69) is 20.8 Å². The highest BCUT2D eigenvalue weighted by Gasteiger charge is 2.23. The summed E-state index contributed by atoms with van der Waals surface area (Å²) in [6, 6.07) is 12.2. The van der Waals surface area contributed by atoms with Crippen molar-refractivity contribution in [2.45, 2.75) is 13.0 Å². The van der Waals surface area contributed by atoms with E-state index in [1.54, 1.807) is 28.9 Å². The van der Waals surface area contributed by atoms with Gasteiger partial charge >= 0.3 is 5.97 Å². The van der Waals surface area contributed by atoms with E-state index < -0.39 is 12.0 Å². The van der Waals surface area contributed by atoms with Crippen LogP contribution >= 0.6 is 23.2 Å². The highest BCUT2D eigenvalue weighted by atomic mass is 35.5. The maximum absolute atomic E-state index is 11.6. The Morgan fingerprint density at radius 3 is 2.59 bits per heavy atom. The lowest BCUT2D eigenvalue weighted by Crippen LogP contribution is -2.31. The van der Waals surface area contributed by atoms with E-state index >= 15 is 0 Å². The Morgan fingerprint density at radius 2 is 1.89 bits per heavy atom. The van der Waals surface area contributed by atoms with Gasteiger partial charge in [0.25, 0.3) is 0 Å². The van der Waals surface area contributed by atoms with Crippen LogP contribution in [-0.4, -0.2) is 39.8 Å². The van der Waals surface area contributed by atoms with Crippen molar-refractivity contribution in [3.8, 4) is 5.69 Å². The van der Waals surface area contributed by atoms with Crippen LogP contribution in [0.2, 0.25) is 10.0 Å². The number of ether oxygens (including phenoxy) is 1. The minimum Gasteiger partial charge on any atom is -0.468 e. The standard InChI is InChI=1S/C18H17Cl2N5O2/c1-11-3-6-14(20)9-15(11)25-18(22-23-24-25)17(21-10-16(26)27-2)12-4-7-13(19)8-5-12/h3-9,17,21H,10H2,1-2H3. The zero-order valence-corrected chi connectivity index (χ0v) is 16.2. The molecule has 1 unspecified atom stereocenters. The van der Waals surface area contributed by atoms with E-state index in [4.69, 9.17) is 27.9 Å². The third kappa shape index (κ3) is 4.44. The van der Waals surface area contributed by atoms with Crippen LogP contribution in [0.4, 0.5) is 0 Å². The Hall–Kier alpha value is -2.48. The molecular formula is C18H17Cl2N5O2. The van der Waals surface area contributed by atoms with Gasteiger partial charge in [-0.15, -0.1) is 5.10 Å². The molecule has 0 spiro atoms. The molecule has 27 heavy (non-hydrogen) atoms. The van der Waals surface area contributed by atoms with Crippen LogP contribution in [0.1, 0.15) is 23.0 Å². The molecule has 0 fully saturated rings. The number of carbonyl (C=O) groups excluding carboxylic acids is 1. The Balaban J connectivity index is 2.05. The smallest absolute Gasteiger partial charge is 0.319 e. The van der Waals surface area contributed by atoms with Crippen LogP contribution in [0.5, 0.6) is 0 Å². The number of nitrogens with zero attached hydrogens (tertiary/aromatic N) is 4. The maximum atomic E-state index is 11.6. The number of esters is 1. The van der Waals surface area contributed by atoms with Crippen molar-refractivity contribution in [1.29, 1.82) is 0 Å². The fraction of sp³-hybridized carbons (Fsp3) is 0.222. The van der Waals surface area contributed by atoms with Gasteiger partial charge in [0, 0.05) is 10.0 Å². The molecule has 3 aromatic rings. The topological polar surface area (TPSA) is 81.9 Å². The molecule has 0 radical (unpaired) electrons. The molecule has 9 heteroatoms. The molecular weight excluding hydrogens is 389 g/mol. The Morgan fingerprint density at radius 1 is 1.19 bits per heavy atom. The van der Waals surface area contributed by atoms with Gasteiger partial charge < -0.3 is 4.74 Å². The first-order valence-electron chi connectivity index (χ1n) is 8.10. The van der Waals surface area contributed by atoms with Crippen LogP contribution in [0, 0.1) is 6.92 Å². The monoisotopic (exact) mass is 405 g/mol. The summed E-state index contributed by atoms with van der Waals surface area (Å²) < 4.78 is 6.33. The second-order valence-corrected chi connectivity index (χ2v) is 6.69. The van der Waals surface area contributed by atoms with Gasteiger partial charge in [0.15, 0.2) is 5.82 Å². The summed E-state index contributed by atoms with van der Waals surface area (Å²) in [5.41, 5.74) is 2.55. The van der Waals surface area contributed by atoms with Gasteiger partial charge in [0.05, 0.1) is 25.4 Å². The van der Waals surface area contributed by atoms with Crippen molar-refractivity contribution < 1.29 is 9.53 Å². The van der Waals surface area contributed by atoms with Gasteiger partial charge in [0.1, 0.15) is 0 Å². The number of aryl methyl sites for hydroxylation is 1. The fourth-order valence-electron chi connectivity index (χ4n) is 2.63.